The molecule has 0 saturated heterocycles. The fourth-order valence-corrected chi connectivity index (χ4v) is 1.39. The van der Waals surface area contributed by atoms with Gasteiger partial charge in [0.1, 0.15) is 0 Å². The minimum atomic E-state index is 0.0341. The Balaban J connectivity index is 2.97. The van der Waals surface area contributed by atoms with Gasteiger partial charge in [-0.1, -0.05) is 28.1 Å². The summed E-state index contributed by atoms with van der Waals surface area (Å²) in [5.41, 5.74) is 2.30. The van der Waals surface area contributed by atoms with E-state index in [-0.39, 0.29) is 6.04 Å². The average Bonchev–Trinajstić information content (AvgIpc) is 2.08. The van der Waals surface area contributed by atoms with Crippen LogP contribution in [0.15, 0.2) is 22.7 Å². The van der Waals surface area contributed by atoms with Gasteiger partial charge in [0.25, 0.3) is 0 Å². The molecule has 1 N–H and O–H groups in total. The minimum absolute atomic E-state index is 0.0341. The molecule has 0 aromatic heterocycles. The van der Waals surface area contributed by atoms with E-state index >= 15 is 0 Å². The highest BCUT2D eigenvalue weighted by molar-refractivity contribution is 9.10. The topological polar surface area (TPSA) is 23.5 Å². The van der Waals surface area contributed by atoms with Crippen molar-refractivity contribution in [1.82, 2.24) is 5.06 Å². The van der Waals surface area contributed by atoms with Crippen LogP contribution < -0.4 is 0 Å². The van der Waals surface area contributed by atoms with Gasteiger partial charge in [-0.3, -0.25) is 0 Å². The van der Waals surface area contributed by atoms with Crippen molar-refractivity contribution in [2.24, 2.45) is 0 Å². The average molecular weight is 244 g/mol. The van der Waals surface area contributed by atoms with Gasteiger partial charge in [-0.25, -0.2) is 0 Å². The van der Waals surface area contributed by atoms with Gasteiger partial charge in [0.2, 0.25) is 0 Å². The smallest absolute Gasteiger partial charge is 0.0568 e. The van der Waals surface area contributed by atoms with Crippen molar-refractivity contribution in [2.45, 2.75) is 19.9 Å². The summed E-state index contributed by atoms with van der Waals surface area (Å²) in [6, 6.07) is 6.12. The van der Waals surface area contributed by atoms with E-state index in [1.165, 1.54) is 10.6 Å². The van der Waals surface area contributed by atoms with Crippen LogP contribution >= 0.6 is 15.9 Å². The largest absolute Gasteiger partial charge is 0.314 e. The molecule has 72 valence electrons. The Hall–Kier alpha value is -0.380. The van der Waals surface area contributed by atoms with E-state index in [0.29, 0.717) is 0 Å². The predicted octanol–water partition coefficient (Wildman–Crippen LogP) is 3.14. The van der Waals surface area contributed by atoms with Gasteiger partial charge in [0.15, 0.2) is 0 Å². The second kappa shape index (κ2) is 4.22. The lowest BCUT2D eigenvalue weighted by atomic mass is 10.1. The number of benzene rings is 1. The van der Waals surface area contributed by atoms with E-state index in [0.717, 1.165) is 10.0 Å². The van der Waals surface area contributed by atoms with Crippen LogP contribution in [0.1, 0.15) is 24.1 Å². The van der Waals surface area contributed by atoms with Gasteiger partial charge in [-0.2, -0.15) is 5.06 Å². The van der Waals surface area contributed by atoms with Crippen LogP contribution in [-0.2, 0) is 0 Å². The molecular formula is C10H14BrNO. The molecule has 0 spiro atoms. The lowest BCUT2D eigenvalue weighted by Gasteiger charge is -2.18. The molecule has 2 nitrogen and oxygen atoms in total. The van der Waals surface area contributed by atoms with Crippen LogP contribution in [0, 0.1) is 6.92 Å². The molecule has 0 aliphatic heterocycles. The zero-order valence-corrected chi connectivity index (χ0v) is 9.67. The molecular weight excluding hydrogens is 230 g/mol. The van der Waals surface area contributed by atoms with E-state index in [4.69, 9.17) is 0 Å². The van der Waals surface area contributed by atoms with Crippen molar-refractivity contribution in [3.63, 3.8) is 0 Å². The third-order valence-electron chi connectivity index (χ3n) is 2.22. The summed E-state index contributed by atoms with van der Waals surface area (Å²) in [7, 11) is 1.65. The maximum Gasteiger partial charge on any atom is 0.0568 e. The van der Waals surface area contributed by atoms with Gasteiger partial charge >= 0.3 is 0 Å². The number of nitrogens with zero attached hydrogens (tertiary/aromatic N) is 1. The molecule has 0 heterocycles. The molecule has 0 saturated carbocycles. The monoisotopic (exact) mass is 243 g/mol. The molecule has 0 aliphatic rings. The Morgan fingerprint density at radius 2 is 2.08 bits per heavy atom. The standard InChI is InChI=1S/C10H14BrNO/c1-7-6-9(4-5-10(7)11)8(2)12(3)13/h4-6,8,13H,1-3H3/t8-/m0/s1. The van der Waals surface area contributed by atoms with Crippen molar-refractivity contribution < 1.29 is 5.21 Å². The molecule has 1 rings (SSSR count). The molecule has 0 bridgehead atoms. The Kier molecular flexibility index (Phi) is 3.47. The molecule has 1 aromatic carbocycles. The second-order valence-corrected chi connectivity index (χ2v) is 4.11. The van der Waals surface area contributed by atoms with Crippen LogP contribution in [-0.4, -0.2) is 17.3 Å². The maximum absolute atomic E-state index is 9.26. The van der Waals surface area contributed by atoms with Crippen molar-refractivity contribution in [3.8, 4) is 0 Å². The number of hydroxylamine groups is 2. The number of aryl methyl sites for hydroxylation is 1. The molecule has 0 aliphatic carbocycles. The van der Waals surface area contributed by atoms with Crippen molar-refractivity contribution >= 4 is 15.9 Å². The number of rotatable bonds is 2. The number of hydrogen-bond acceptors (Lipinski definition) is 2. The lowest BCUT2D eigenvalue weighted by molar-refractivity contribution is -0.0984. The second-order valence-electron chi connectivity index (χ2n) is 3.26. The molecule has 1 aromatic rings. The van der Waals surface area contributed by atoms with E-state index in [2.05, 4.69) is 22.0 Å². The zero-order valence-electron chi connectivity index (χ0n) is 8.08. The van der Waals surface area contributed by atoms with Crippen LogP contribution in [0.25, 0.3) is 0 Å². The third-order valence-corrected chi connectivity index (χ3v) is 3.11. The predicted molar refractivity (Wildman–Crippen MR) is 56.8 cm³/mol. The highest BCUT2D eigenvalue weighted by Crippen LogP contribution is 2.23. The van der Waals surface area contributed by atoms with Crippen LogP contribution in [0.4, 0.5) is 0 Å². The third kappa shape index (κ3) is 2.53. The van der Waals surface area contributed by atoms with E-state index < -0.39 is 0 Å². The Morgan fingerprint density at radius 1 is 1.46 bits per heavy atom. The number of hydrogen-bond donors (Lipinski definition) is 1. The first kappa shape index (κ1) is 10.7. The first-order chi connectivity index (χ1) is 6.02. The van der Waals surface area contributed by atoms with E-state index in [1.807, 2.05) is 26.0 Å². The summed E-state index contributed by atoms with van der Waals surface area (Å²) in [5, 5.41) is 10.5. The van der Waals surface area contributed by atoms with Crippen molar-refractivity contribution in [1.29, 1.82) is 0 Å². The van der Waals surface area contributed by atoms with E-state index in [1.54, 1.807) is 7.05 Å². The zero-order chi connectivity index (χ0) is 10.0. The Labute approximate surface area is 87.3 Å². The summed E-state index contributed by atoms with van der Waals surface area (Å²) in [4.78, 5) is 0. The Morgan fingerprint density at radius 3 is 2.54 bits per heavy atom. The van der Waals surface area contributed by atoms with Crippen LogP contribution in [0.5, 0.6) is 0 Å². The van der Waals surface area contributed by atoms with Crippen LogP contribution in [0.3, 0.4) is 0 Å². The molecule has 1 atom stereocenters. The van der Waals surface area contributed by atoms with Crippen LogP contribution in [0.2, 0.25) is 0 Å². The highest BCUT2D eigenvalue weighted by Gasteiger charge is 2.09. The summed E-state index contributed by atoms with van der Waals surface area (Å²) in [6.45, 7) is 4.00. The first-order valence-corrected chi connectivity index (χ1v) is 4.99. The number of halogens is 1. The fourth-order valence-electron chi connectivity index (χ4n) is 1.14. The molecule has 3 heteroatoms. The van der Waals surface area contributed by atoms with Gasteiger partial charge in [0.05, 0.1) is 6.04 Å². The highest BCUT2D eigenvalue weighted by atomic mass is 79.9. The molecule has 0 amide bonds. The van der Waals surface area contributed by atoms with Crippen molar-refractivity contribution in [3.05, 3.63) is 33.8 Å². The summed E-state index contributed by atoms with van der Waals surface area (Å²) < 4.78 is 1.10. The first-order valence-electron chi connectivity index (χ1n) is 4.20. The quantitative estimate of drug-likeness (QED) is 0.808. The van der Waals surface area contributed by atoms with Gasteiger partial charge in [-0.15, -0.1) is 0 Å². The van der Waals surface area contributed by atoms with Gasteiger partial charge in [0, 0.05) is 11.5 Å². The SMILES string of the molecule is Cc1cc([C@H](C)N(C)O)ccc1Br. The van der Waals surface area contributed by atoms with E-state index in [9.17, 15) is 5.21 Å². The van der Waals surface area contributed by atoms with Gasteiger partial charge < -0.3 is 5.21 Å². The molecule has 13 heavy (non-hydrogen) atoms. The summed E-state index contributed by atoms with van der Waals surface area (Å²) in [5.74, 6) is 0. The normalized spacial score (nSPS) is 13.4. The minimum Gasteiger partial charge on any atom is -0.314 e. The molecule has 0 radical (unpaired) electrons. The lowest BCUT2D eigenvalue weighted by Crippen LogP contribution is -2.17. The maximum atomic E-state index is 9.26. The molecule has 0 unspecified atom stereocenters. The summed E-state index contributed by atoms with van der Waals surface area (Å²) >= 11 is 3.44. The summed E-state index contributed by atoms with van der Waals surface area (Å²) in [6.07, 6.45) is 0. The molecule has 0 fully saturated rings. The Bertz CT molecular complexity index is 299. The fraction of sp³-hybridized carbons (Fsp3) is 0.400. The van der Waals surface area contributed by atoms with Crippen molar-refractivity contribution in [2.75, 3.05) is 7.05 Å². The van der Waals surface area contributed by atoms with Gasteiger partial charge in [-0.05, 0) is 31.0 Å².